The number of hydrogen-bond donors (Lipinski definition) is 0. The topological polar surface area (TPSA) is 18.5 Å². The van der Waals surface area contributed by atoms with E-state index < -0.39 is 75.6 Å². The van der Waals surface area contributed by atoms with Gasteiger partial charge in [-0.2, -0.15) is 8.78 Å². The van der Waals surface area contributed by atoms with Crippen LogP contribution in [-0.4, -0.2) is 6.36 Å². The van der Waals surface area contributed by atoms with E-state index in [1.54, 1.807) is 6.07 Å². The largest absolute Gasteiger partial charge is 0.573 e. The van der Waals surface area contributed by atoms with Crippen LogP contribution in [0.1, 0.15) is 68.9 Å². The summed E-state index contributed by atoms with van der Waals surface area (Å²) >= 11 is 0. The zero-order valence-electron chi connectivity index (χ0n) is 25.9. The van der Waals surface area contributed by atoms with Crippen molar-refractivity contribution < 1.29 is 57.8 Å². The molecule has 0 amide bonds. The van der Waals surface area contributed by atoms with Gasteiger partial charge >= 0.3 is 12.5 Å². The second-order valence-electron chi connectivity index (χ2n) is 12.0. The molecule has 4 aromatic rings. The lowest BCUT2D eigenvalue weighted by atomic mass is 9.77. The number of unbranched alkanes of at least 4 members (excludes halogenated alkanes) is 1. The SMILES string of the molecule is CCCCC1CCC(c2ccc(-c3cc(F)c(-c4cc(F)c(C(F)(F)Oc5ccc(OC(F)(F)F)c(F)c5)c(F)c4)c(F)c3)c(F)c2)CC1. The number of halogens is 11. The molecule has 0 radical (unpaired) electrons. The number of rotatable bonds is 10. The van der Waals surface area contributed by atoms with Gasteiger partial charge in [0.1, 0.15) is 40.4 Å². The standard InChI is InChI=1S/C36H29F11O2/c1-2-3-4-19-5-7-20(8-6-19)21-9-11-25(26(37)13-21)22-14-28(39)33(29(40)15-22)23-16-30(41)34(31(42)17-23)35(43,44)48-24-10-12-32(27(38)18-24)49-36(45,46)47/h9-20H,2-8H2,1H3. The summed E-state index contributed by atoms with van der Waals surface area (Å²) < 4.78 is 164. The van der Waals surface area contributed by atoms with E-state index in [4.69, 9.17) is 0 Å². The van der Waals surface area contributed by atoms with Crippen LogP contribution in [0.5, 0.6) is 11.5 Å². The van der Waals surface area contributed by atoms with Crippen LogP contribution >= 0.6 is 0 Å². The zero-order valence-corrected chi connectivity index (χ0v) is 25.9. The van der Waals surface area contributed by atoms with Gasteiger partial charge in [0.15, 0.2) is 11.6 Å². The van der Waals surface area contributed by atoms with Gasteiger partial charge in [-0.25, -0.2) is 26.3 Å². The molecule has 1 aliphatic carbocycles. The van der Waals surface area contributed by atoms with Crippen LogP contribution in [0.3, 0.4) is 0 Å². The minimum atomic E-state index is -5.30. The second kappa shape index (κ2) is 14.3. The van der Waals surface area contributed by atoms with E-state index in [-0.39, 0.29) is 35.2 Å². The van der Waals surface area contributed by atoms with Gasteiger partial charge in [0, 0.05) is 11.6 Å². The molecule has 1 saturated carbocycles. The predicted molar refractivity (Wildman–Crippen MR) is 159 cm³/mol. The fourth-order valence-electron chi connectivity index (χ4n) is 6.25. The Morgan fingerprint density at radius 1 is 0.633 bits per heavy atom. The number of benzene rings is 4. The van der Waals surface area contributed by atoms with E-state index in [0.717, 1.165) is 49.8 Å². The molecule has 1 fully saturated rings. The Bertz CT molecular complexity index is 1770. The van der Waals surface area contributed by atoms with Crippen LogP contribution < -0.4 is 9.47 Å². The van der Waals surface area contributed by atoms with Gasteiger partial charge in [-0.15, -0.1) is 13.2 Å². The van der Waals surface area contributed by atoms with Crippen molar-refractivity contribution in [3.05, 3.63) is 107 Å². The average Bonchev–Trinajstić information content (AvgIpc) is 3.00. The molecule has 0 aliphatic heterocycles. The molecule has 1 aliphatic rings. The average molecular weight is 703 g/mol. The van der Waals surface area contributed by atoms with E-state index in [1.807, 2.05) is 0 Å². The van der Waals surface area contributed by atoms with Crippen LogP contribution in [-0.2, 0) is 6.11 Å². The first-order chi connectivity index (χ1) is 23.1. The van der Waals surface area contributed by atoms with Gasteiger partial charge in [-0.3, -0.25) is 0 Å². The maximum absolute atomic E-state index is 15.3. The lowest BCUT2D eigenvalue weighted by molar-refractivity contribution is -0.275. The van der Waals surface area contributed by atoms with Crippen molar-refractivity contribution in [3.63, 3.8) is 0 Å². The van der Waals surface area contributed by atoms with Crippen molar-refractivity contribution in [2.75, 3.05) is 0 Å². The third-order valence-corrected chi connectivity index (χ3v) is 8.63. The monoisotopic (exact) mass is 702 g/mol. The lowest BCUT2D eigenvalue weighted by Gasteiger charge is -2.29. The Morgan fingerprint density at radius 2 is 1.24 bits per heavy atom. The molecule has 0 unspecified atom stereocenters. The van der Waals surface area contributed by atoms with Gasteiger partial charge in [0.2, 0.25) is 0 Å². The Balaban J connectivity index is 1.36. The quantitative estimate of drug-likeness (QED) is 0.153. The molecule has 4 aromatic carbocycles. The molecular weight excluding hydrogens is 673 g/mol. The van der Waals surface area contributed by atoms with Crippen molar-refractivity contribution in [1.29, 1.82) is 0 Å². The lowest BCUT2D eigenvalue weighted by Crippen LogP contribution is -2.25. The fraction of sp³-hybridized carbons (Fsp3) is 0.333. The molecule has 49 heavy (non-hydrogen) atoms. The predicted octanol–water partition coefficient (Wildman–Crippen LogP) is 12.3. The van der Waals surface area contributed by atoms with Crippen molar-refractivity contribution >= 4 is 0 Å². The summed E-state index contributed by atoms with van der Waals surface area (Å²) in [5.41, 5.74) is -3.39. The first-order valence-corrected chi connectivity index (χ1v) is 15.5. The van der Waals surface area contributed by atoms with Crippen LogP contribution in [0.2, 0.25) is 0 Å². The Labute approximate surface area is 274 Å². The van der Waals surface area contributed by atoms with Gasteiger partial charge in [-0.05, 0) is 96.7 Å². The fourth-order valence-corrected chi connectivity index (χ4v) is 6.25. The summed E-state index contributed by atoms with van der Waals surface area (Å²) in [5, 5.41) is 0. The minimum absolute atomic E-state index is 0.0708. The van der Waals surface area contributed by atoms with Crippen LogP contribution in [0.15, 0.2) is 60.7 Å². The molecule has 0 heterocycles. The maximum Gasteiger partial charge on any atom is 0.573 e. The molecule has 0 N–H and O–H groups in total. The van der Waals surface area contributed by atoms with E-state index in [1.165, 1.54) is 25.0 Å². The molecule has 5 rings (SSSR count). The molecule has 0 atom stereocenters. The third-order valence-electron chi connectivity index (χ3n) is 8.63. The normalized spacial score (nSPS) is 16.9. The zero-order chi connectivity index (χ0) is 35.7. The summed E-state index contributed by atoms with van der Waals surface area (Å²) in [6, 6.07) is 7.17. The minimum Gasteiger partial charge on any atom is -0.429 e. The van der Waals surface area contributed by atoms with Gasteiger partial charge in [-0.1, -0.05) is 38.3 Å². The highest BCUT2D eigenvalue weighted by molar-refractivity contribution is 5.72. The van der Waals surface area contributed by atoms with Gasteiger partial charge in [0.25, 0.3) is 0 Å². The molecule has 13 heteroatoms. The number of ether oxygens (including phenoxy) is 2. The summed E-state index contributed by atoms with van der Waals surface area (Å²) in [7, 11) is 0. The first-order valence-electron chi connectivity index (χ1n) is 15.5. The number of hydrogen-bond acceptors (Lipinski definition) is 2. The number of alkyl halides is 5. The van der Waals surface area contributed by atoms with Gasteiger partial charge < -0.3 is 9.47 Å². The van der Waals surface area contributed by atoms with Crippen molar-refractivity contribution in [2.45, 2.75) is 70.3 Å². The van der Waals surface area contributed by atoms with Gasteiger partial charge in [0.05, 0.1) is 5.56 Å². The van der Waals surface area contributed by atoms with E-state index in [2.05, 4.69) is 16.4 Å². The Kier molecular flexibility index (Phi) is 10.5. The maximum atomic E-state index is 15.3. The van der Waals surface area contributed by atoms with Crippen molar-refractivity contribution in [3.8, 4) is 33.8 Å². The van der Waals surface area contributed by atoms with E-state index >= 15 is 13.2 Å². The molecule has 0 saturated heterocycles. The first kappa shape index (κ1) is 36.0. The Morgan fingerprint density at radius 3 is 1.80 bits per heavy atom. The van der Waals surface area contributed by atoms with Crippen LogP contribution in [0.4, 0.5) is 48.3 Å². The molecule has 0 bridgehead atoms. The molecule has 0 spiro atoms. The summed E-state index contributed by atoms with van der Waals surface area (Å²) in [6.07, 6.45) is -2.82. The Hall–Kier alpha value is -4.29. The van der Waals surface area contributed by atoms with Crippen LogP contribution in [0, 0.1) is 40.8 Å². The summed E-state index contributed by atoms with van der Waals surface area (Å²) in [4.78, 5) is 0. The molecule has 0 aromatic heterocycles. The summed E-state index contributed by atoms with van der Waals surface area (Å²) in [6.45, 7) is 2.14. The van der Waals surface area contributed by atoms with Crippen molar-refractivity contribution in [2.24, 2.45) is 5.92 Å². The van der Waals surface area contributed by atoms with E-state index in [9.17, 15) is 35.1 Å². The molecule has 262 valence electrons. The highest BCUT2D eigenvalue weighted by atomic mass is 19.4. The van der Waals surface area contributed by atoms with E-state index in [0.29, 0.717) is 18.1 Å². The van der Waals surface area contributed by atoms with Crippen molar-refractivity contribution in [1.82, 2.24) is 0 Å². The smallest absolute Gasteiger partial charge is 0.429 e. The van der Waals surface area contributed by atoms with Crippen LogP contribution in [0.25, 0.3) is 22.3 Å². The highest BCUT2D eigenvalue weighted by Gasteiger charge is 2.42. The third kappa shape index (κ3) is 8.30. The molecular formula is C36H29F11O2. The summed E-state index contributed by atoms with van der Waals surface area (Å²) in [5.74, 6) is -10.9. The molecule has 2 nitrogen and oxygen atoms in total. The highest BCUT2D eigenvalue weighted by Crippen LogP contribution is 2.41. The second-order valence-corrected chi connectivity index (χ2v) is 12.0.